The molecule has 0 spiro atoms. The molecule has 0 aromatic rings. The van der Waals surface area contributed by atoms with E-state index in [4.69, 9.17) is 4.74 Å². The van der Waals surface area contributed by atoms with Crippen LogP contribution in [0.3, 0.4) is 0 Å². The molecule has 2 aliphatic rings. The van der Waals surface area contributed by atoms with Gasteiger partial charge in [0.25, 0.3) is 5.91 Å². The maximum absolute atomic E-state index is 13.3. The van der Waals surface area contributed by atoms with Crippen LogP contribution in [-0.4, -0.2) is 63.8 Å². The van der Waals surface area contributed by atoms with Crippen LogP contribution in [0.4, 0.5) is 4.79 Å². The van der Waals surface area contributed by atoms with E-state index in [2.05, 4.69) is 10.6 Å². The number of likely N-dealkylation sites (tertiary alicyclic amines) is 1. The first-order valence-corrected chi connectivity index (χ1v) is 12.1. The lowest BCUT2D eigenvalue weighted by molar-refractivity contribution is -0.147. The number of nitrogens with zero attached hydrogens (tertiary/aromatic N) is 1. The van der Waals surface area contributed by atoms with Gasteiger partial charge in [-0.1, -0.05) is 32.1 Å². The van der Waals surface area contributed by atoms with Gasteiger partial charge in [-0.3, -0.25) is 9.59 Å². The summed E-state index contributed by atoms with van der Waals surface area (Å²) in [5, 5.41) is 16.7. The molecular formula is C24H43N3O5. The van der Waals surface area contributed by atoms with E-state index in [-0.39, 0.29) is 5.91 Å². The van der Waals surface area contributed by atoms with Crippen molar-refractivity contribution in [3.63, 3.8) is 0 Å². The van der Waals surface area contributed by atoms with Gasteiger partial charge in [-0.05, 0) is 66.7 Å². The molecule has 1 saturated heterocycles. The minimum atomic E-state index is -1.42. The van der Waals surface area contributed by atoms with Crippen LogP contribution < -0.4 is 10.6 Å². The van der Waals surface area contributed by atoms with E-state index in [0.717, 1.165) is 25.7 Å². The third kappa shape index (κ3) is 8.26. The van der Waals surface area contributed by atoms with Gasteiger partial charge in [0.1, 0.15) is 11.6 Å². The first-order chi connectivity index (χ1) is 14.8. The third-order valence-electron chi connectivity index (χ3n) is 5.99. The number of aliphatic hydroxyl groups excluding tert-OH is 1. The number of aliphatic hydroxyl groups is 1. The molecule has 0 aromatic heterocycles. The molecule has 1 heterocycles. The molecule has 2 fully saturated rings. The van der Waals surface area contributed by atoms with Crippen molar-refractivity contribution < 1.29 is 24.2 Å². The summed E-state index contributed by atoms with van der Waals surface area (Å²) >= 11 is 0. The molecule has 1 aliphatic heterocycles. The van der Waals surface area contributed by atoms with E-state index in [9.17, 15) is 19.5 Å². The first-order valence-electron chi connectivity index (χ1n) is 12.1. The zero-order valence-corrected chi connectivity index (χ0v) is 20.7. The number of rotatable bonds is 6. The largest absolute Gasteiger partial charge is 0.444 e. The molecule has 8 heteroatoms. The molecule has 0 bridgehead atoms. The molecule has 3 N–H and O–H groups in total. The van der Waals surface area contributed by atoms with Gasteiger partial charge in [0.05, 0.1) is 6.04 Å². The van der Waals surface area contributed by atoms with E-state index in [0.29, 0.717) is 31.7 Å². The molecule has 32 heavy (non-hydrogen) atoms. The molecule has 0 aromatic carbocycles. The summed E-state index contributed by atoms with van der Waals surface area (Å²) in [4.78, 5) is 39.9. The van der Waals surface area contributed by atoms with Crippen LogP contribution in [0.25, 0.3) is 0 Å². The maximum atomic E-state index is 13.3. The molecule has 8 nitrogen and oxygen atoms in total. The Hall–Kier alpha value is -1.83. The second kappa shape index (κ2) is 10.9. The number of amides is 3. The van der Waals surface area contributed by atoms with E-state index in [1.165, 1.54) is 11.3 Å². The molecule has 1 aliphatic carbocycles. The Kier molecular flexibility index (Phi) is 8.97. The average Bonchev–Trinajstić information content (AvgIpc) is 3.14. The fourth-order valence-corrected chi connectivity index (χ4v) is 4.61. The monoisotopic (exact) mass is 453 g/mol. The number of alkyl carbamates (subject to hydrolysis) is 1. The highest BCUT2D eigenvalue weighted by atomic mass is 16.6. The van der Waals surface area contributed by atoms with Crippen LogP contribution in [0.15, 0.2) is 0 Å². The Balaban J connectivity index is 2.13. The van der Waals surface area contributed by atoms with Gasteiger partial charge in [-0.15, -0.1) is 0 Å². The van der Waals surface area contributed by atoms with Crippen molar-refractivity contribution >= 4 is 17.9 Å². The SMILES string of the molecule is CC(C)(C)NC(=O)[C@@H]1CCCN1C(=O)C(O)C(CC1CCCCC1)NC(=O)OC(C)(C)C. The topological polar surface area (TPSA) is 108 Å². The molecule has 0 radical (unpaired) electrons. The van der Waals surface area contributed by atoms with Gasteiger partial charge < -0.3 is 25.4 Å². The van der Waals surface area contributed by atoms with Crippen molar-refractivity contribution in [1.29, 1.82) is 0 Å². The fraction of sp³-hybridized carbons (Fsp3) is 0.875. The number of carbonyl (C=O) groups excluding carboxylic acids is 3. The Morgan fingerprint density at radius 1 is 1.00 bits per heavy atom. The van der Waals surface area contributed by atoms with Crippen LogP contribution in [0, 0.1) is 5.92 Å². The van der Waals surface area contributed by atoms with Gasteiger partial charge in [-0.25, -0.2) is 4.79 Å². The Morgan fingerprint density at radius 2 is 1.62 bits per heavy atom. The predicted octanol–water partition coefficient (Wildman–Crippen LogP) is 3.12. The number of ether oxygens (including phenoxy) is 1. The number of hydrogen-bond donors (Lipinski definition) is 3. The summed E-state index contributed by atoms with van der Waals surface area (Å²) in [6.45, 7) is 11.4. The quantitative estimate of drug-likeness (QED) is 0.573. The lowest BCUT2D eigenvalue weighted by atomic mass is 9.83. The van der Waals surface area contributed by atoms with Crippen molar-refractivity contribution in [3.05, 3.63) is 0 Å². The predicted molar refractivity (Wildman–Crippen MR) is 123 cm³/mol. The van der Waals surface area contributed by atoms with Gasteiger partial charge in [0, 0.05) is 12.1 Å². The summed E-state index contributed by atoms with van der Waals surface area (Å²) in [6.07, 6.45) is 5.19. The number of carbonyl (C=O) groups is 3. The van der Waals surface area contributed by atoms with Crippen LogP contribution in [0.5, 0.6) is 0 Å². The molecular weight excluding hydrogens is 410 g/mol. The second-order valence-electron chi connectivity index (χ2n) is 11.4. The lowest BCUT2D eigenvalue weighted by Gasteiger charge is -2.34. The Bertz CT molecular complexity index is 662. The number of nitrogens with one attached hydrogen (secondary N) is 2. The molecule has 3 amide bonds. The van der Waals surface area contributed by atoms with Gasteiger partial charge in [-0.2, -0.15) is 0 Å². The van der Waals surface area contributed by atoms with Crippen molar-refractivity contribution in [3.8, 4) is 0 Å². The lowest BCUT2D eigenvalue weighted by Crippen LogP contribution is -2.57. The van der Waals surface area contributed by atoms with Gasteiger partial charge >= 0.3 is 6.09 Å². The Morgan fingerprint density at radius 3 is 2.19 bits per heavy atom. The van der Waals surface area contributed by atoms with Crippen LogP contribution in [0.1, 0.15) is 92.9 Å². The smallest absolute Gasteiger partial charge is 0.407 e. The van der Waals surface area contributed by atoms with Gasteiger partial charge in [0.15, 0.2) is 6.10 Å². The van der Waals surface area contributed by atoms with Crippen molar-refractivity contribution in [2.24, 2.45) is 5.92 Å². The van der Waals surface area contributed by atoms with Crippen molar-refractivity contribution in [2.75, 3.05) is 6.54 Å². The Labute approximate surface area is 192 Å². The van der Waals surface area contributed by atoms with Gasteiger partial charge in [0.2, 0.25) is 5.91 Å². The van der Waals surface area contributed by atoms with Crippen LogP contribution in [-0.2, 0) is 14.3 Å². The average molecular weight is 454 g/mol. The van der Waals surface area contributed by atoms with Crippen LogP contribution in [0.2, 0.25) is 0 Å². The summed E-state index contributed by atoms with van der Waals surface area (Å²) in [6, 6.07) is -1.36. The first kappa shape index (κ1) is 26.4. The second-order valence-corrected chi connectivity index (χ2v) is 11.4. The highest BCUT2D eigenvalue weighted by molar-refractivity contribution is 5.90. The molecule has 3 atom stereocenters. The zero-order valence-electron chi connectivity index (χ0n) is 20.7. The van der Waals surface area contributed by atoms with Crippen molar-refractivity contribution in [2.45, 2.75) is 122 Å². The normalized spacial score (nSPS) is 22.2. The zero-order chi connectivity index (χ0) is 24.1. The number of hydrogen-bond acceptors (Lipinski definition) is 5. The van der Waals surface area contributed by atoms with E-state index < -0.39 is 41.3 Å². The van der Waals surface area contributed by atoms with E-state index in [1.54, 1.807) is 20.8 Å². The highest BCUT2D eigenvalue weighted by Crippen LogP contribution is 2.29. The maximum Gasteiger partial charge on any atom is 0.407 e. The third-order valence-corrected chi connectivity index (χ3v) is 5.99. The molecule has 184 valence electrons. The highest BCUT2D eigenvalue weighted by Gasteiger charge is 2.41. The van der Waals surface area contributed by atoms with E-state index in [1.807, 2.05) is 20.8 Å². The fourth-order valence-electron chi connectivity index (χ4n) is 4.61. The van der Waals surface area contributed by atoms with Crippen molar-refractivity contribution in [1.82, 2.24) is 15.5 Å². The molecule has 2 rings (SSSR count). The summed E-state index contributed by atoms with van der Waals surface area (Å²) in [5.74, 6) is -0.377. The minimum absolute atomic E-state index is 0.209. The minimum Gasteiger partial charge on any atom is -0.444 e. The van der Waals surface area contributed by atoms with E-state index >= 15 is 0 Å². The van der Waals surface area contributed by atoms with Crippen LogP contribution >= 0.6 is 0 Å². The molecule has 1 saturated carbocycles. The summed E-state index contributed by atoms with van der Waals surface area (Å²) in [5.41, 5.74) is -1.09. The molecule has 2 unspecified atom stereocenters. The summed E-state index contributed by atoms with van der Waals surface area (Å²) < 4.78 is 5.38. The standard InChI is InChI=1S/C24H43N3O5/c1-23(2,3)26-20(29)18-13-10-14-27(18)21(30)19(28)17(15-16-11-8-7-9-12-16)25-22(31)32-24(4,5)6/h16-19,28H,7-15H2,1-6H3,(H,25,31)(H,26,29)/t17?,18-,19?/m0/s1. The summed E-state index contributed by atoms with van der Waals surface area (Å²) in [7, 11) is 0.